The molecule has 2 amide bonds. The Bertz CT molecular complexity index is 939. The molecule has 0 aliphatic rings. The number of amides is 2. The first-order chi connectivity index (χ1) is 13.1. The van der Waals surface area contributed by atoms with Crippen LogP contribution < -0.4 is 15.4 Å². The predicted octanol–water partition coefficient (Wildman–Crippen LogP) is 5.08. The van der Waals surface area contributed by atoms with Gasteiger partial charge in [0, 0.05) is 23.4 Å². The van der Waals surface area contributed by atoms with Crippen LogP contribution in [0.5, 0.6) is 11.5 Å². The van der Waals surface area contributed by atoms with E-state index in [1.54, 1.807) is 55.5 Å². The lowest BCUT2D eigenvalue weighted by Gasteiger charge is -2.10. The highest BCUT2D eigenvalue weighted by Gasteiger charge is 2.09. The molecule has 0 bridgehead atoms. The van der Waals surface area contributed by atoms with E-state index >= 15 is 0 Å². The van der Waals surface area contributed by atoms with Crippen molar-refractivity contribution in [1.29, 1.82) is 0 Å². The second kappa shape index (κ2) is 8.67. The van der Waals surface area contributed by atoms with Gasteiger partial charge in [-0.2, -0.15) is 0 Å². The van der Waals surface area contributed by atoms with Gasteiger partial charge < -0.3 is 15.4 Å². The summed E-state index contributed by atoms with van der Waals surface area (Å²) in [5.41, 5.74) is 1.72. The van der Waals surface area contributed by atoms with Gasteiger partial charge in [-0.15, -0.1) is 0 Å². The summed E-state index contributed by atoms with van der Waals surface area (Å²) in [5, 5.41) is 5.61. The van der Waals surface area contributed by atoms with Crippen molar-refractivity contribution in [2.75, 3.05) is 10.6 Å². The lowest BCUT2D eigenvalue weighted by molar-refractivity contribution is -0.115. The third kappa shape index (κ3) is 5.19. The van der Waals surface area contributed by atoms with E-state index in [4.69, 9.17) is 4.74 Å². The predicted molar refractivity (Wildman–Crippen MR) is 106 cm³/mol. The van der Waals surface area contributed by atoms with Gasteiger partial charge >= 0.3 is 0 Å². The summed E-state index contributed by atoms with van der Waals surface area (Å²) in [6, 6.07) is 23.4. The van der Waals surface area contributed by atoms with Crippen molar-refractivity contribution in [1.82, 2.24) is 0 Å². The van der Waals surface area contributed by atoms with Crippen LogP contribution in [0.2, 0.25) is 0 Å². The number of rotatable bonds is 6. The first-order valence-corrected chi connectivity index (χ1v) is 8.68. The summed E-state index contributed by atoms with van der Waals surface area (Å²) in [4.78, 5) is 24.1. The van der Waals surface area contributed by atoms with Crippen LogP contribution in [0.4, 0.5) is 11.4 Å². The lowest BCUT2D eigenvalue weighted by atomic mass is 10.2. The van der Waals surface area contributed by atoms with E-state index in [1.165, 1.54) is 0 Å². The van der Waals surface area contributed by atoms with Crippen molar-refractivity contribution in [3.63, 3.8) is 0 Å². The van der Waals surface area contributed by atoms with E-state index < -0.39 is 0 Å². The summed E-state index contributed by atoms with van der Waals surface area (Å²) in [5.74, 6) is 0.948. The first kappa shape index (κ1) is 18.2. The Hall–Kier alpha value is -3.60. The summed E-state index contributed by atoms with van der Waals surface area (Å²) < 4.78 is 5.77. The van der Waals surface area contributed by atoms with E-state index in [0.29, 0.717) is 34.9 Å². The van der Waals surface area contributed by atoms with Crippen LogP contribution in [0.1, 0.15) is 23.7 Å². The van der Waals surface area contributed by atoms with Crippen LogP contribution in [-0.4, -0.2) is 11.8 Å². The molecule has 0 atom stereocenters. The standard InChI is InChI=1S/C22H20N2O3/c1-2-21(25)23-17-9-7-10-18(15-17)24-22(26)16-8-6-13-20(14-16)27-19-11-4-3-5-12-19/h3-15H,2H2,1H3,(H,23,25)(H,24,26). The molecule has 2 N–H and O–H groups in total. The van der Waals surface area contributed by atoms with Crippen LogP contribution in [0.25, 0.3) is 0 Å². The molecule has 0 aliphatic carbocycles. The van der Waals surface area contributed by atoms with Crippen LogP contribution in [0.3, 0.4) is 0 Å². The molecule has 0 heterocycles. The molecular weight excluding hydrogens is 340 g/mol. The summed E-state index contributed by atoms with van der Waals surface area (Å²) in [6.07, 6.45) is 0.394. The first-order valence-electron chi connectivity index (χ1n) is 8.68. The maximum absolute atomic E-state index is 12.6. The summed E-state index contributed by atoms with van der Waals surface area (Å²) in [7, 11) is 0. The highest BCUT2D eigenvalue weighted by Crippen LogP contribution is 2.23. The Morgan fingerprint density at radius 2 is 1.44 bits per heavy atom. The van der Waals surface area contributed by atoms with Gasteiger partial charge in [-0.3, -0.25) is 9.59 Å². The van der Waals surface area contributed by atoms with Gasteiger partial charge in [0.2, 0.25) is 5.91 Å². The Morgan fingerprint density at radius 1 is 0.778 bits per heavy atom. The van der Waals surface area contributed by atoms with E-state index in [1.807, 2.05) is 30.3 Å². The topological polar surface area (TPSA) is 67.4 Å². The number of anilines is 2. The molecule has 27 heavy (non-hydrogen) atoms. The zero-order chi connectivity index (χ0) is 19.1. The Kier molecular flexibility index (Phi) is 5.84. The third-order valence-electron chi connectivity index (χ3n) is 3.80. The van der Waals surface area contributed by atoms with Crippen LogP contribution >= 0.6 is 0 Å². The highest BCUT2D eigenvalue weighted by atomic mass is 16.5. The van der Waals surface area contributed by atoms with Gasteiger partial charge in [0.1, 0.15) is 11.5 Å². The van der Waals surface area contributed by atoms with Crippen LogP contribution in [-0.2, 0) is 4.79 Å². The number of para-hydroxylation sites is 1. The normalized spacial score (nSPS) is 10.1. The van der Waals surface area contributed by atoms with Crippen molar-refractivity contribution in [2.24, 2.45) is 0 Å². The number of nitrogens with one attached hydrogen (secondary N) is 2. The fraction of sp³-hybridized carbons (Fsp3) is 0.0909. The molecule has 5 nitrogen and oxygen atoms in total. The molecule has 3 rings (SSSR count). The van der Waals surface area contributed by atoms with E-state index in [2.05, 4.69) is 10.6 Å². The monoisotopic (exact) mass is 360 g/mol. The van der Waals surface area contributed by atoms with Gasteiger partial charge in [-0.25, -0.2) is 0 Å². The molecular formula is C22H20N2O3. The van der Waals surface area contributed by atoms with Gasteiger partial charge in [0.25, 0.3) is 5.91 Å². The molecule has 0 fully saturated rings. The Labute approximate surface area is 158 Å². The molecule has 0 saturated carbocycles. The average Bonchev–Trinajstić information content (AvgIpc) is 2.69. The number of hydrogen-bond acceptors (Lipinski definition) is 3. The second-order valence-corrected chi connectivity index (χ2v) is 5.88. The molecule has 0 aliphatic heterocycles. The Morgan fingerprint density at radius 3 is 2.19 bits per heavy atom. The quantitative estimate of drug-likeness (QED) is 0.644. The zero-order valence-electron chi connectivity index (χ0n) is 14.9. The summed E-state index contributed by atoms with van der Waals surface area (Å²) >= 11 is 0. The minimum atomic E-state index is -0.257. The SMILES string of the molecule is CCC(=O)Nc1cccc(NC(=O)c2cccc(Oc3ccccc3)c2)c1. The number of ether oxygens (including phenoxy) is 1. The van der Waals surface area contributed by atoms with Crippen molar-refractivity contribution in [3.05, 3.63) is 84.4 Å². The number of benzene rings is 3. The summed E-state index contributed by atoms with van der Waals surface area (Å²) in [6.45, 7) is 1.78. The van der Waals surface area contributed by atoms with Crippen molar-refractivity contribution < 1.29 is 14.3 Å². The molecule has 3 aromatic rings. The fourth-order valence-electron chi connectivity index (χ4n) is 2.45. The molecule has 0 radical (unpaired) electrons. The number of hydrogen-bond donors (Lipinski definition) is 2. The van der Waals surface area contributed by atoms with Gasteiger partial charge in [0.15, 0.2) is 0 Å². The Balaban J connectivity index is 1.70. The smallest absolute Gasteiger partial charge is 0.255 e. The zero-order valence-corrected chi connectivity index (χ0v) is 14.9. The van der Waals surface area contributed by atoms with Crippen molar-refractivity contribution in [3.8, 4) is 11.5 Å². The van der Waals surface area contributed by atoms with Crippen LogP contribution in [0, 0.1) is 0 Å². The lowest BCUT2D eigenvalue weighted by Crippen LogP contribution is -2.13. The average molecular weight is 360 g/mol. The molecule has 3 aromatic carbocycles. The van der Waals surface area contributed by atoms with E-state index in [-0.39, 0.29) is 11.8 Å². The molecule has 0 saturated heterocycles. The number of carbonyl (C=O) groups excluding carboxylic acids is 2. The maximum atomic E-state index is 12.6. The van der Waals surface area contributed by atoms with Gasteiger partial charge in [-0.1, -0.05) is 37.3 Å². The number of carbonyl (C=O) groups is 2. The minimum absolute atomic E-state index is 0.0794. The van der Waals surface area contributed by atoms with Gasteiger partial charge in [0.05, 0.1) is 0 Å². The van der Waals surface area contributed by atoms with Crippen molar-refractivity contribution in [2.45, 2.75) is 13.3 Å². The largest absolute Gasteiger partial charge is 0.457 e. The van der Waals surface area contributed by atoms with E-state index in [9.17, 15) is 9.59 Å². The highest BCUT2D eigenvalue weighted by molar-refractivity contribution is 6.05. The molecule has 5 heteroatoms. The fourth-order valence-corrected chi connectivity index (χ4v) is 2.45. The molecule has 0 aromatic heterocycles. The third-order valence-corrected chi connectivity index (χ3v) is 3.80. The van der Waals surface area contributed by atoms with Crippen molar-refractivity contribution >= 4 is 23.2 Å². The second-order valence-electron chi connectivity index (χ2n) is 5.88. The maximum Gasteiger partial charge on any atom is 0.255 e. The van der Waals surface area contributed by atoms with Gasteiger partial charge in [-0.05, 0) is 48.5 Å². The van der Waals surface area contributed by atoms with Crippen LogP contribution in [0.15, 0.2) is 78.9 Å². The molecule has 136 valence electrons. The molecule has 0 spiro atoms. The minimum Gasteiger partial charge on any atom is -0.457 e. The molecule has 0 unspecified atom stereocenters. The van der Waals surface area contributed by atoms with E-state index in [0.717, 1.165) is 0 Å².